The molecule has 1 aromatic heterocycles. The fourth-order valence-corrected chi connectivity index (χ4v) is 5.63. The van der Waals surface area contributed by atoms with Crippen LogP contribution in [0.3, 0.4) is 0 Å². The number of benzene rings is 1. The highest BCUT2D eigenvalue weighted by molar-refractivity contribution is 7.89. The van der Waals surface area contributed by atoms with E-state index in [2.05, 4.69) is 0 Å². The number of hydrogen-bond donors (Lipinski definition) is 0. The Morgan fingerprint density at radius 2 is 1.79 bits per heavy atom. The SMILES string of the molecule is CCN(Cc1cccs1)C(=O)/C=C/c1ccc(S(=O)(=O)N2CCCCCC2)cc1. The fraction of sp³-hybridized carbons (Fsp3) is 0.409. The lowest BCUT2D eigenvalue weighted by molar-refractivity contribution is -0.126. The van der Waals surface area contributed by atoms with Crippen LogP contribution in [0.2, 0.25) is 0 Å². The zero-order valence-electron chi connectivity index (χ0n) is 16.8. The smallest absolute Gasteiger partial charge is 0.246 e. The van der Waals surface area contributed by atoms with E-state index in [4.69, 9.17) is 0 Å². The molecule has 0 N–H and O–H groups in total. The molecule has 1 aliphatic heterocycles. The number of carbonyl (C=O) groups is 1. The van der Waals surface area contributed by atoms with Crippen molar-refractivity contribution >= 4 is 33.3 Å². The molecule has 0 atom stereocenters. The molecule has 2 aromatic rings. The third-order valence-corrected chi connectivity index (χ3v) is 7.90. The van der Waals surface area contributed by atoms with Gasteiger partial charge in [-0.3, -0.25) is 4.79 Å². The first-order valence-corrected chi connectivity index (χ1v) is 12.4. The van der Waals surface area contributed by atoms with Crippen LogP contribution in [0.5, 0.6) is 0 Å². The highest BCUT2D eigenvalue weighted by Crippen LogP contribution is 2.21. The van der Waals surface area contributed by atoms with Gasteiger partial charge in [-0.1, -0.05) is 31.0 Å². The van der Waals surface area contributed by atoms with Crippen LogP contribution < -0.4 is 0 Å². The Kier molecular flexibility index (Phi) is 7.64. The predicted octanol–water partition coefficient (Wildman–Crippen LogP) is 4.37. The summed E-state index contributed by atoms with van der Waals surface area (Å²) in [5.74, 6) is -0.0536. The number of likely N-dealkylation sites (N-methyl/N-ethyl adjacent to an activating group) is 1. The van der Waals surface area contributed by atoms with Crippen LogP contribution in [-0.4, -0.2) is 43.2 Å². The van der Waals surface area contributed by atoms with E-state index in [0.29, 0.717) is 31.1 Å². The van der Waals surface area contributed by atoms with Crippen LogP contribution >= 0.6 is 11.3 Å². The summed E-state index contributed by atoms with van der Waals surface area (Å²) in [6.07, 6.45) is 7.30. The van der Waals surface area contributed by atoms with E-state index in [9.17, 15) is 13.2 Å². The minimum Gasteiger partial charge on any atom is -0.334 e. The van der Waals surface area contributed by atoms with Gasteiger partial charge in [0, 0.05) is 30.6 Å². The maximum atomic E-state index is 12.8. The zero-order valence-corrected chi connectivity index (χ0v) is 18.4. The number of nitrogens with zero attached hydrogens (tertiary/aromatic N) is 2. The maximum Gasteiger partial charge on any atom is 0.246 e. The molecule has 0 radical (unpaired) electrons. The van der Waals surface area contributed by atoms with Crippen molar-refractivity contribution in [2.24, 2.45) is 0 Å². The van der Waals surface area contributed by atoms with Crippen LogP contribution in [0, 0.1) is 0 Å². The molecule has 0 saturated carbocycles. The van der Waals surface area contributed by atoms with Gasteiger partial charge in [-0.15, -0.1) is 11.3 Å². The largest absolute Gasteiger partial charge is 0.334 e. The van der Waals surface area contributed by atoms with E-state index in [1.54, 1.807) is 57.0 Å². The molecule has 1 aliphatic rings. The third-order valence-electron chi connectivity index (χ3n) is 5.12. The average Bonchev–Trinajstić information content (AvgIpc) is 3.08. The Hall–Kier alpha value is -1.96. The molecule has 7 heteroatoms. The number of sulfonamides is 1. The second-order valence-corrected chi connectivity index (χ2v) is 10.1. The third kappa shape index (κ3) is 5.78. The van der Waals surface area contributed by atoms with Crippen LogP contribution in [0.15, 0.2) is 52.7 Å². The summed E-state index contributed by atoms with van der Waals surface area (Å²) in [6, 6.07) is 10.8. The maximum absolute atomic E-state index is 12.8. The molecule has 3 rings (SSSR count). The molecule has 2 heterocycles. The Labute approximate surface area is 177 Å². The number of rotatable bonds is 7. The average molecular weight is 433 g/mol. The molecule has 0 spiro atoms. The van der Waals surface area contributed by atoms with Gasteiger partial charge in [0.1, 0.15) is 0 Å². The highest BCUT2D eigenvalue weighted by Gasteiger charge is 2.24. The van der Waals surface area contributed by atoms with Crippen molar-refractivity contribution in [1.29, 1.82) is 0 Å². The summed E-state index contributed by atoms with van der Waals surface area (Å²) in [6.45, 7) is 4.38. The van der Waals surface area contributed by atoms with E-state index in [0.717, 1.165) is 36.1 Å². The summed E-state index contributed by atoms with van der Waals surface area (Å²) in [7, 11) is -3.44. The quantitative estimate of drug-likeness (QED) is 0.610. The van der Waals surface area contributed by atoms with Gasteiger partial charge in [0.15, 0.2) is 0 Å². The van der Waals surface area contributed by atoms with Gasteiger partial charge in [0.05, 0.1) is 11.4 Å². The molecule has 1 amide bonds. The minimum absolute atomic E-state index is 0.0536. The van der Waals surface area contributed by atoms with Crippen molar-refractivity contribution in [3.05, 3.63) is 58.3 Å². The molecular formula is C22H28N2O3S2. The van der Waals surface area contributed by atoms with Gasteiger partial charge in [0.25, 0.3) is 0 Å². The first-order chi connectivity index (χ1) is 14.0. The second-order valence-electron chi connectivity index (χ2n) is 7.15. The Morgan fingerprint density at radius 1 is 1.10 bits per heavy atom. The standard InChI is InChI=1S/C22H28N2O3S2/c1-2-23(18-20-8-7-17-28-20)22(25)14-11-19-9-12-21(13-10-19)29(26,27)24-15-5-3-4-6-16-24/h7-14,17H,2-6,15-16,18H2,1H3/b14-11+. The molecule has 5 nitrogen and oxygen atoms in total. The van der Waals surface area contributed by atoms with E-state index < -0.39 is 10.0 Å². The molecular weight excluding hydrogens is 404 g/mol. The van der Waals surface area contributed by atoms with Crippen molar-refractivity contribution < 1.29 is 13.2 Å². The molecule has 0 unspecified atom stereocenters. The number of thiophene rings is 1. The highest BCUT2D eigenvalue weighted by atomic mass is 32.2. The summed E-state index contributed by atoms with van der Waals surface area (Å²) in [5, 5.41) is 2.00. The van der Waals surface area contributed by atoms with Gasteiger partial charge in [0.2, 0.25) is 15.9 Å². The fourth-order valence-electron chi connectivity index (χ4n) is 3.39. The predicted molar refractivity (Wildman–Crippen MR) is 118 cm³/mol. The van der Waals surface area contributed by atoms with Crippen molar-refractivity contribution in [1.82, 2.24) is 9.21 Å². The summed E-state index contributed by atoms with van der Waals surface area (Å²) in [4.78, 5) is 15.7. The lowest BCUT2D eigenvalue weighted by Crippen LogP contribution is -2.31. The summed E-state index contributed by atoms with van der Waals surface area (Å²) >= 11 is 1.64. The van der Waals surface area contributed by atoms with Crippen LogP contribution in [0.1, 0.15) is 43.0 Å². The lowest BCUT2D eigenvalue weighted by Gasteiger charge is -2.20. The zero-order chi connectivity index (χ0) is 20.7. The topological polar surface area (TPSA) is 57.7 Å². The molecule has 1 aromatic carbocycles. The van der Waals surface area contributed by atoms with Crippen LogP contribution in [-0.2, 0) is 21.4 Å². The van der Waals surface area contributed by atoms with Gasteiger partial charge >= 0.3 is 0 Å². The number of amides is 1. The number of hydrogen-bond acceptors (Lipinski definition) is 4. The Morgan fingerprint density at radius 3 is 2.38 bits per heavy atom. The molecule has 156 valence electrons. The Bertz CT molecular complexity index is 911. The van der Waals surface area contributed by atoms with Crippen molar-refractivity contribution in [2.75, 3.05) is 19.6 Å². The number of carbonyl (C=O) groups excluding carboxylic acids is 1. The van der Waals surface area contributed by atoms with E-state index in [1.807, 2.05) is 24.4 Å². The van der Waals surface area contributed by atoms with Crippen LogP contribution in [0.4, 0.5) is 0 Å². The van der Waals surface area contributed by atoms with Gasteiger partial charge in [-0.05, 0) is 55.0 Å². The Balaban J connectivity index is 1.65. The van der Waals surface area contributed by atoms with Crippen molar-refractivity contribution in [3.63, 3.8) is 0 Å². The van der Waals surface area contributed by atoms with Crippen molar-refractivity contribution in [2.45, 2.75) is 44.0 Å². The lowest BCUT2D eigenvalue weighted by atomic mass is 10.2. The second kappa shape index (κ2) is 10.2. The normalized spacial score (nSPS) is 16.0. The summed E-state index contributed by atoms with van der Waals surface area (Å²) in [5.41, 5.74) is 0.806. The first-order valence-electron chi connectivity index (χ1n) is 10.1. The van der Waals surface area contributed by atoms with Crippen LogP contribution in [0.25, 0.3) is 6.08 Å². The first kappa shape index (κ1) is 21.7. The minimum atomic E-state index is -3.44. The van der Waals surface area contributed by atoms with E-state index in [-0.39, 0.29) is 5.91 Å². The monoisotopic (exact) mass is 432 g/mol. The summed E-state index contributed by atoms with van der Waals surface area (Å²) < 4.78 is 27.3. The molecule has 29 heavy (non-hydrogen) atoms. The molecule has 1 saturated heterocycles. The van der Waals surface area contributed by atoms with Gasteiger partial charge in [-0.2, -0.15) is 4.31 Å². The van der Waals surface area contributed by atoms with Gasteiger partial charge < -0.3 is 4.90 Å². The van der Waals surface area contributed by atoms with Crippen molar-refractivity contribution in [3.8, 4) is 0 Å². The van der Waals surface area contributed by atoms with E-state index in [1.165, 1.54) is 0 Å². The van der Waals surface area contributed by atoms with Gasteiger partial charge in [-0.25, -0.2) is 8.42 Å². The molecule has 0 aliphatic carbocycles. The van der Waals surface area contributed by atoms with E-state index >= 15 is 0 Å². The molecule has 0 bridgehead atoms. The molecule has 1 fully saturated rings.